The number of carbonyl (C=O) groups excluding carboxylic acids is 2. The molecule has 0 aromatic heterocycles. The quantitative estimate of drug-likeness (QED) is 0.905. The molecule has 0 radical (unpaired) electrons. The van der Waals surface area contributed by atoms with E-state index in [-0.39, 0.29) is 30.2 Å². The van der Waals surface area contributed by atoms with Gasteiger partial charge in [0.25, 0.3) is 0 Å². The van der Waals surface area contributed by atoms with Crippen molar-refractivity contribution in [1.82, 2.24) is 4.90 Å². The minimum atomic E-state index is -0.325. The number of primary amides is 1. The first-order chi connectivity index (χ1) is 11.0. The summed E-state index contributed by atoms with van der Waals surface area (Å²) in [6, 6.07) is 5.71. The number of ether oxygens (including phenoxy) is 2. The molecular weight excluding hydrogens is 296 g/mol. The Morgan fingerprint density at radius 1 is 1.22 bits per heavy atom. The largest absolute Gasteiger partial charge is 0.486 e. The molecule has 2 heterocycles. The van der Waals surface area contributed by atoms with E-state index >= 15 is 0 Å². The maximum Gasteiger partial charge on any atom is 0.227 e. The highest BCUT2D eigenvalue weighted by atomic mass is 16.6. The molecule has 2 aliphatic heterocycles. The van der Waals surface area contributed by atoms with E-state index in [1.54, 1.807) is 4.90 Å². The molecular formula is C17H22N2O4. The Morgan fingerprint density at radius 2 is 1.96 bits per heavy atom. The van der Waals surface area contributed by atoms with E-state index in [4.69, 9.17) is 15.2 Å². The number of hydrogen-bond acceptors (Lipinski definition) is 4. The molecule has 1 aromatic carbocycles. The topological polar surface area (TPSA) is 81.9 Å². The van der Waals surface area contributed by atoms with E-state index in [1.165, 1.54) is 0 Å². The van der Waals surface area contributed by atoms with Crippen LogP contribution in [0.3, 0.4) is 0 Å². The number of piperidine rings is 1. The van der Waals surface area contributed by atoms with Gasteiger partial charge in [-0.1, -0.05) is 6.07 Å². The lowest BCUT2D eigenvalue weighted by Gasteiger charge is -2.37. The molecule has 3 rings (SSSR count). The molecule has 0 saturated carbocycles. The fourth-order valence-electron chi connectivity index (χ4n) is 3.16. The Bertz CT molecular complexity index is 617. The second-order valence-corrected chi connectivity index (χ2v) is 6.23. The van der Waals surface area contributed by atoms with Crippen LogP contribution in [0.25, 0.3) is 0 Å². The summed E-state index contributed by atoms with van der Waals surface area (Å²) in [4.78, 5) is 25.8. The molecule has 6 nitrogen and oxygen atoms in total. The average Bonchev–Trinajstić information content (AvgIpc) is 2.54. The van der Waals surface area contributed by atoms with E-state index in [2.05, 4.69) is 0 Å². The molecule has 2 aliphatic rings. The summed E-state index contributed by atoms with van der Waals surface area (Å²) in [5.41, 5.74) is 6.28. The smallest absolute Gasteiger partial charge is 0.227 e. The number of nitrogens with zero attached hydrogens (tertiary/aromatic N) is 1. The molecule has 124 valence electrons. The third-order valence-electron chi connectivity index (χ3n) is 4.57. The number of likely N-dealkylation sites (tertiary alicyclic amines) is 1. The Hall–Kier alpha value is -2.24. The zero-order valence-electron chi connectivity index (χ0n) is 13.3. The van der Waals surface area contributed by atoms with Crippen LogP contribution in [0.5, 0.6) is 11.5 Å². The molecule has 2 N–H and O–H groups in total. The third kappa shape index (κ3) is 3.41. The molecule has 0 bridgehead atoms. The predicted molar refractivity (Wildman–Crippen MR) is 84.2 cm³/mol. The van der Waals surface area contributed by atoms with Crippen LogP contribution in [0.1, 0.15) is 25.3 Å². The molecule has 2 amide bonds. The summed E-state index contributed by atoms with van der Waals surface area (Å²) >= 11 is 0. The number of fused-ring (bicyclic) bond motifs is 1. The van der Waals surface area contributed by atoms with Crippen LogP contribution < -0.4 is 15.2 Å². The van der Waals surface area contributed by atoms with Crippen molar-refractivity contribution in [2.75, 3.05) is 19.8 Å². The average molecular weight is 318 g/mol. The SMILES string of the molecule is C[C@H]1CC[C@H](C(N)=O)CN1C(=O)Cc1ccc2c(c1)OCCO2. The second-order valence-electron chi connectivity index (χ2n) is 6.23. The van der Waals surface area contributed by atoms with Crippen LogP contribution in [-0.4, -0.2) is 42.5 Å². The van der Waals surface area contributed by atoms with E-state index in [1.807, 2.05) is 25.1 Å². The molecule has 23 heavy (non-hydrogen) atoms. The Kier molecular flexibility index (Phi) is 4.41. The van der Waals surface area contributed by atoms with Gasteiger partial charge < -0.3 is 20.1 Å². The predicted octanol–water partition coefficient (Wildman–Crippen LogP) is 1.11. The summed E-state index contributed by atoms with van der Waals surface area (Å²) < 4.78 is 11.0. The number of rotatable bonds is 3. The normalized spacial score (nSPS) is 23.4. The molecule has 2 atom stereocenters. The number of hydrogen-bond donors (Lipinski definition) is 1. The van der Waals surface area contributed by atoms with Crippen LogP contribution >= 0.6 is 0 Å². The van der Waals surface area contributed by atoms with Crippen molar-refractivity contribution < 1.29 is 19.1 Å². The van der Waals surface area contributed by atoms with Crippen molar-refractivity contribution in [2.24, 2.45) is 11.7 Å². The lowest BCUT2D eigenvalue weighted by molar-refractivity contribution is -0.136. The van der Waals surface area contributed by atoms with Gasteiger partial charge in [0.15, 0.2) is 11.5 Å². The monoisotopic (exact) mass is 318 g/mol. The number of nitrogens with two attached hydrogens (primary N) is 1. The number of carbonyl (C=O) groups is 2. The van der Waals surface area contributed by atoms with Crippen molar-refractivity contribution in [3.8, 4) is 11.5 Å². The van der Waals surface area contributed by atoms with Gasteiger partial charge >= 0.3 is 0 Å². The van der Waals surface area contributed by atoms with Crippen molar-refractivity contribution in [2.45, 2.75) is 32.2 Å². The first kappa shape index (κ1) is 15.6. The number of benzene rings is 1. The standard InChI is InChI=1S/C17H22N2O4/c1-11-2-4-13(17(18)21)10-19(11)16(20)9-12-3-5-14-15(8-12)23-7-6-22-14/h3,5,8,11,13H,2,4,6-7,9-10H2,1H3,(H2,18,21)/t11-,13-/m0/s1. The lowest BCUT2D eigenvalue weighted by Crippen LogP contribution is -2.49. The summed E-state index contributed by atoms with van der Waals surface area (Å²) in [6.45, 7) is 3.50. The Balaban J connectivity index is 1.69. The van der Waals surface area contributed by atoms with Crippen LogP contribution in [-0.2, 0) is 16.0 Å². The molecule has 0 aliphatic carbocycles. The molecule has 1 aromatic rings. The van der Waals surface area contributed by atoms with Crippen LogP contribution in [0, 0.1) is 5.92 Å². The molecule has 0 unspecified atom stereocenters. The summed E-state index contributed by atoms with van der Waals surface area (Å²) in [7, 11) is 0. The van der Waals surface area contributed by atoms with Crippen molar-refractivity contribution in [3.63, 3.8) is 0 Å². The first-order valence-corrected chi connectivity index (χ1v) is 8.02. The lowest BCUT2D eigenvalue weighted by atomic mass is 9.92. The summed E-state index contributed by atoms with van der Waals surface area (Å²) in [5, 5.41) is 0. The van der Waals surface area contributed by atoms with Gasteiger partial charge in [0.2, 0.25) is 11.8 Å². The van der Waals surface area contributed by atoms with Crippen LogP contribution in [0.2, 0.25) is 0 Å². The van der Waals surface area contributed by atoms with Gasteiger partial charge in [-0.3, -0.25) is 9.59 Å². The molecule has 1 fully saturated rings. The fraction of sp³-hybridized carbons (Fsp3) is 0.529. The maximum absolute atomic E-state index is 12.6. The highest BCUT2D eigenvalue weighted by molar-refractivity contribution is 5.82. The van der Waals surface area contributed by atoms with E-state index < -0.39 is 0 Å². The molecule has 0 spiro atoms. The van der Waals surface area contributed by atoms with Gasteiger partial charge in [0.1, 0.15) is 13.2 Å². The van der Waals surface area contributed by atoms with Gasteiger partial charge in [-0.2, -0.15) is 0 Å². The zero-order chi connectivity index (χ0) is 16.4. The van der Waals surface area contributed by atoms with Gasteiger partial charge in [-0.25, -0.2) is 0 Å². The van der Waals surface area contributed by atoms with Gasteiger partial charge in [0, 0.05) is 12.6 Å². The number of amides is 2. The third-order valence-corrected chi connectivity index (χ3v) is 4.57. The summed E-state index contributed by atoms with van der Waals surface area (Å²) in [6.07, 6.45) is 1.84. The van der Waals surface area contributed by atoms with Crippen LogP contribution in [0.15, 0.2) is 18.2 Å². The second kappa shape index (κ2) is 6.48. The highest BCUT2D eigenvalue weighted by Crippen LogP contribution is 2.31. The van der Waals surface area contributed by atoms with E-state index in [0.717, 1.165) is 18.4 Å². The zero-order valence-corrected chi connectivity index (χ0v) is 13.3. The van der Waals surface area contributed by atoms with E-state index in [9.17, 15) is 9.59 Å². The highest BCUT2D eigenvalue weighted by Gasteiger charge is 2.31. The van der Waals surface area contributed by atoms with Crippen molar-refractivity contribution in [1.29, 1.82) is 0 Å². The minimum Gasteiger partial charge on any atom is -0.486 e. The molecule has 6 heteroatoms. The van der Waals surface area contributed by atoms with Crippen molar-refractivity contribution >= 4 is 11.8 Å². The first-order valence-electron chi connectivity index (χ1n) is 8.02. The molecule has 1 saturated heterocycles. The van der Waals surface area contributed by atoms with Gasteiger partial charge in [-0.05, 0) is 37.5 Å². The van der Waals surface area contributed by atoms with Gasteiger partial charge in [0.05, 0.1) is 12.3 Å². The maximum atomic E-state index is 12.6. The minimum absolute atomic E-state index is 0.0140. The summed E-state index contributed by atoms with van der Waals surface area (Å²) in [5.74, 6) is 0.848. The van der Waals surface area contributed by atoms with Crippen LogP contribution in [0.4, 0.5) is 0 Å². The van der Waals surface area contributed by atoms with Crippen molar-refractivity contribution in [3.05, 3.63) is 23.8 Å². The van der Waals surface area contributed by atoms with Gasteiger partial charge in [-0.15, -0.1) is 0 Å². The fourth-order valence-corrected chi connectivity index (χ4v) is 3.16. The Labute approximate surface area is 135 Å². The van der Waals surface area contributed by atoms with E-state index in [0.29, 0.717) is 31.3 Å². The Morgan fingerprint density at radius 3 is 2.70 bits per heavy atom.